The second-order valence-electron chi connectivity index (χ2n) is 2.49. The van der Waals surface area contributed by atoms with Gasteiger partial charge >= 0.3 is 0 Å². The highest BCUT2D eigenvalue weighted by molar-refractivity contribution is 4.82. The van der Waals surface area contributed by atoms with Crippen molar-refractivity contribution in [3.05, 3.63) is 24.4 Å². The SMILES string of the molecule is C=CCCNCc1nc(C)no1. The second-order valence-corrected chi connectivity index (χ2v) is 2.49. The molecular formula is C8H13N3O. The third kappa shape index (κ3) is 2.84. The molecule has 0 saturated heterocycles. The molecule has 12 heavy (non-hydrogen) atoms. The molecule has 0 spiro atoms. The van der Waals surface area contributed by atoms with Gasteiger partial charge in [-0.2, -0.15) is 4.98 Å². The van der Waals surface area contributed by atoms with Crippen LogP contribution < -0.4 is 5.32 Å². The van der Waals surface area contributed by atoms with Crippen LogP contribution in [-0.2, 0) is 6.54 Å². The zero-order valence-corrected chi connectivity index (χ0v) is 7.21. The minimum absolute atomic E-state index is 0.634. The first kappa shape index (κ1) is 8.93. The first-order chi connectivity index (χ1) is 5.83. The van der Waals surface area contributed by atoms with E-state index in [1.54, 1.807) is 6.92 Å². The maximum atomic E-state index is 4.90. The largest absolute Gasteiger partial charge is 0.338 e. The predicted molar refractivity (Wildman–Crippen MR) is 45.6 cm³/mol. The van der Waals surface area contributed by atoms with E-state index in [1.165, 1.54) is 0 Å². The number of hydrogen-bond acceptors (Lipinski definition) is 4. The summed E-state index contributed by atoms with van der Waals surface area (Å²) in [6.07, 6.45) is 2.82. The zero-order chi connectivity index (χ0) is 8.81. The van der Waals surface area contributed by atoms with Gasteiger partial charge in [0.1, 0.15) is 0 Å². The van der Waals surface area contributed by atoms with Crippen molar-refractivity contribution in [3.63, 3.8) is 0 Å². The molecule has 66 valence electrons. The first-order valence-electron chi connectivity index (χ1n) is 3.93. The Labute approximate surface area is 71.7 Å². The van der Waals surface area contributed by atoms with Gasteiger partial charge in [0.25, 0.3) is 0 Å². The van der Waals surface area contributed by atoms with Gasteiger partial charge in [0.2, 0.25) is 5.89 Å². The molecule has 0 fully saturated rings. The average Bonchev–Trinajstić information content (AvgIpc) is 2.45. The van der Waals surface area contributed by atoms with Crippen LogP contribution in [0, 0.1) is 6.92 Å². The summed E-state index contributed by atoms with van der Waals surface area (Å²) in [5.41, 5.74) is 0. The molecule has 0 radical (unpaired) electrons. The van der Waals surface area contributed by atoms with E-state index in [0.717, 1.165) is 13.0 Å². The van der Waals surface area contributed by atoms with Crippen molar-refractivity contribution in [1.82, 2.24) is 15.5 Å². The van der Waals surface area contributed by atoms with Crippen molar-refractivity contribution in [2.45, 2.75) is 19.9 Å². The number of aromatic nitrogens is 2. The molecule has 1 aromatic rings. The topological polar surface area (TPSA) is 51.0 Å². The molecule has 1 rings (SSSR count). The number of nitrogens with zero attached hydrogens (tertiary/aromatic N) is 2. The first-order valence-corrected chi connectivity index (χ1v) is 3.93. The van der Waals surface area contributed by atoms with Crippen LogP contribution in [0.15, 0.2) is 17.2 Å². The number of nitrogens with one attached hydrogen (secondary N) is 1. The Morgan fingerprint density at radius 1 is 1.67 bits per heavy atom. The van der Waals surface area contributed by atoms with Crippen molar-refractivity contribution in [2.75, 3.05) is 6.54 Å². The van der Waals surface area contributed by atoms with Crippen molar-refractivity contribution in [3.8, 4) is 0 Å². The predicted octanol–water partition coefficient (Wildman–Crippen LogP) is 1.04. The van der Waals surface area contributed by atoms with Crippen LogP contribution in [0.25, 0.3) is 0 Å². The lowest BCUT2D eigenvalue weighted by Crippen LogP contribution is -2.14. The maximum Gasteiger partial charge on any atom is 0.240 e. The molecule has 0 bridgehead atoms. The molecule has 0 amide bonds. The molecule has 0 aromatic carbocycles. The molecule has 0 atom stereocenters. The lowest BCUT2D eigenvalue weighted by atomic mass is 10.4. The molecule has 0 aliphatic carbocycles. The smallest absolute Gasteiger partial charge is 0.240 e. The molecule has 4 heteroatoms. The maximum absolute atomic E-state index is 4.90. The summed E-state index contributed by atoms with van der Waals surface area (Å²) < 4.78 is 4.90. The summed E-state index contributed by atoms with van der Waals surface area (Å²) in [5, 5.41) is 6.82. The molecular weight excluding hydrogens is 154 g/mol. The molecule has 1 heterocycles. The third-order valence-corrected chi connectivity index (χ3v) is 1.37. The Morgan fingerprint density at radius 3 is 3.08 bits per heavy atom. The van der Waals surface area contributed by atoms with Crippen LogP contribution in [-0.4, -0.2) is 16.7 Å². The fourth-order valence-corrected chi connectivity index (χ4v) is 0.811. The highest BCUT2D eigenvalue weighted by Gasteiger charge is 1.99. The molecule has 4 nitrogen and oxygen atoms in total. The number of rotatable bonds is 5. The van der Waals surface area contributed by atoms with E-state index in [-0.39, 0.29) is 0 Å². The Bertz CT molecular complexity index is 244. The van der Waals surface area contributed by atoms with Gasteiger partial charge in [-0.05, 0) is 19.9 Å². The third-order valence-electron chi connectivity index (χ3n) is 1.37. The fourth-order valence-electron chi connectivity index (χ4n) is 0.811. The number of aryl methyl sites for hydroxylation is 1. The van der Waals surface area contributed by atoms with Crippen LogP contribution >= 0.6 is 0 Å². The number of hydrogen-bond donors (Lipinski definition) is 1. The lowest BCUT2D eigenvalue weighted by molar-refractivity contribution is 0.365. The van der Waals surface area contributed by atoms with Crippen LogP contribution in [0.2, 0.25) is 0 Å². The van der Waals surface area contributed by atoms with Gasteiger partial charge in [-0.1, -0.05) is 11.2 Å². The van der Waals surface area contributed by atoms with Gasteiger partial charge in [0.15, 0.2) is 5.82 Å². The Balaban J connectivity index is 2.19. The lowest BCUT2D eigenvalue weighted by Gasteiger charge is -1.95. The van der Waals surface area contributed by atoms with E-state index < -0.39 is 0 Å². The minimum atomic E-state index is 0.634. The van der Waals surface area contributed by atoms with Gasteiger partial charge in [-0.25, -0.2) is 0 Å². The fraction of sp³-hybridized carbons (Fsp3) is 0.500. The summed E-state index contributed by atoms with van der Waals surface area (Å²) in [7, 11) is 0. The minimum Gasteiger partial charge on any atom is -0.338 e. The Kier molecular flexibility index (Phi) is 3.47. The quantitative estimate of drug-likeness (QED) is 0.526. The van der Waals surface area contributed by atoms with Crippen molar-refractivity contribution < 1.29 is 4.52 Å². The molecule has 0 unspecified atom stereocenters. The monoisotopic (exact) mass is 167 g/mol. The van der Waals surface area contributed by atoms with Gasteiger partial charge in [-0.15, -0.1) is 6.58 Å². The summed E-state index contributed by atoms with van der Waals surface area (Å²) in [6.45, 7) is 6.95. The molecule has 1 aromatic heterocycles. The van der Waals surface area contributed by atoms with E-state index >= 15 is 0 Å². The van der Waals surface area contributed by atoms with Crippen LogP contribution in [0.1, 0.15) is 18.1 Å². The van der Waals surface area contributed by atoms with Gasteiger partial charge in [0, 0.05) is 0 Å². The average molecular weight is 167 g/mol. The van der Waals surface area contributed by atoms with E-state index in [0.29, 0.717) is 18.3 Å². The summed E-state index contributed by atoms with van der Waals surface area (Å²) in [5.74, 6) is 1.31. The molecule has 0 aliphatic rings. The summed E-state index contributed by atoms with van der Waals surface area (Å²) in [6, 6.07) is 0. The normalized spacial score (nSPS) is 10.1. The van der Waals surface area contributed by atoms with Crippen molar-refractivity contribution in [1.29, 1.82) is 0 Å². The standard InChI is InChI=1S/C8H13N3O/c1-3-4-5-9-6-8-10-7(2)11-12-8/h3,9H,1,4-6H2,2H3. The second kappa shape index (κ2) is 4.66. The molecule has 1 N–H and O–H groups in total. The van der Waals surface area contributed by atoms with E-state index in [4.69, 9.17) is 4.52 Å². The van der Waals surface area contributed by atoms with E-state index in [9.17, 15) is 0 Å². The van der Waals surface area contributed by atoms with Gasteiger partial charge in [0.05, 0.1) is 6.54 Å². The summed E-state index contributed by atoms with van der Waals surface area (Å²) in [4.78, 5) is 4.04. The van der Waals surface area contributed by atoms with Crippen LogP contribution in [0.5, 0.6) is 0 Å². The molecule has 0 aliphatic heterocycles. The molecule has 0 saturated carbocycles. The summed E-state index contributed by atoms with van der Waals surface area (Å²) >= 11 is 0. The Morgan fingerprint density at radius 2 is 2.50 bits per heavy atom. The van der Waals surface area contributed by atoms with Gasteiger partial charge in [-0.3, -0.25) is 0 Å². The van der Waals surface area contributed by atoms with Crippen LogP contribution in [0.3, 0.4) is 0 Å². The van der Waals surface area contributed by atoms with Crippen molar-refractivity contribution >= 4 is 0 Å². The highest BCUT2D eigenvalue weighted by atomic mass is 16.5. The van der Waals surface area contributed by atoms with E-state index in [2.05, 4.69) is 22.0 Å². The highest BCUT2D eigenvalue weighted by Crippen LogP contribution is 1.94. The van der Waals surface area contributed by atoms with Crippen molar-refractivity contribution in [2.24, 2.45) is 0 Å². The van der Waals surface area contributed by atoms with E-state index in [1.807, 2.05) is 6.08 Å². The Hall–Kier alpha value is -1.16. The zero-order valence-electron chi connectivity index (χ0n) is 7.21. The van der Waals surface area contributed by atoms with Gasteiger partial charge < -0.3 is 9.84 Å². The van der Waals surface area contributed by atoms with Crippen LogP contribution in [0.4, 0.5) is 0 Å².